The van der Waals surface area contributed by atoms with Gasteiger partial charge in [-0.3, -0.25) is 14.4 Å². The Bertz CT molecular complexity index is 515. The Kier molecular flexibility index (Phi) is 4.41. The topological polar surface area (TPSA) is 69.7 Å². The van der Waals surface area contributed by atoms with Crippen LogP contribution in [0.2, 0.25) is 0 Å². The molecule has 0 aliphatic carbocycles. The summed E-state index contributed by atoms with van der Waals surface area (Å²) in [6.07, 6.45) is 5.23. The van der Waals surface area contributed by atoms with Crippen LogP contribution in [0.4, 0.5) is 0 Å². The van der Waals surface area contributed by atoms with E-state index in [0.717, 1.165) is 38.6 Å². The second kappa shape index (κ2) is 6.34. The number of piperidine rings is 2. The Balaban J connectivity index is 1.51. The van der Waals surface area contributed by atoms with E-state index in [9.17, 15) is 14.4 Å². The summed E-state index contributed by atoms with van der Waals surface area (Å²) in [6.45, 7) is 6.88. The van der Waals surface area contributed by atoms with Gasteiger partial charge in [-0.15, -0.1) is 0 Å². The molecule has 23 heavy (non-hydrogen) atoms. The lowest BCUT2D eigenvalue weighted by atomic mass is 9.77. The number of nitrogens with one attached hydrogen (secondary N) is 1. The van der Waals surface area contributed by atoms with Crippen molar-refractivity contribution in [3.05, 3.63) is 12.7 Å². The van der Waals surface area contributed by atoms with Crippen LogP contribution in [0.15, 0.2) is 12.7 Å². The lowest BCUT2D eigenvalue weighted by molar-refractivity contribution is -0.143. The second-order valence-electron chi connectivity index (χ2n) is 6.92. The Morgan fingerprint density at radius 1 is 1.09 bits per heavy atom. The first kappa shape index (κ1) is 16.0. The summed E-state index contributed by atoms with van der Waals surface area (Å²) in [7, 11) is 0. The number of rotatable bonds is 2. The van der Waals surface area contributed by atoms with Crippen molar-refractivity contribution in [2.75, 3.05) is 32.7 Å². The molecule has 0 aromatic heterocycles. The minimum Gasteiger partial charge on any atom is -0.356 e. The van der Waals surface area contributed by atoms with Gasteiger partial charge in [-0.2, -0.15) is 0 Å². The zero-order valence-electron chi connectivity index (χ0n) is 13.6. The van der Waals surface area contributed by atoms with Gasteiger partial charge in [-0.1, -0.05) is 6.58 Å². The molecule has 3 saturated heterocycles. The van der Waals surface area contributed by atoms with Crippen molar-refractivity contribution in [2.24, 2.45) is 11.3 Å². The number of amides is 3. The minimum absolute atomic E-state index is 0.00956. The molecule has 3 aliphatic heterocycles. The van der Waals surface area contributed by atoms with E-state index in [-0.39, 0.29) is 29.1 Å². The van der Waals surface area contributed by atoms with E-state index in [0.29, 0.717) is 26.2 Å². The van der Waals surface area contributed by atoms with E-state index in [4.69, 9.17) is 0 Å². The second-order valence-corrected chi connectivity index (χ2v) is 6.92. The van der Waals surface area contributed by atoms with Crippen LogP contribution < -0.4 is 5.32 Å². The molecular formula is C17H25N3O3. The Morgan fingerprint density at radius 2 is 1.74 bits per heavy atom. The molecule has 6 heteroatoms. The lowest BCUT2D eigenvalue weighted by Gasteiger charge is -2.40. The van der Waals surface area contributed by atoms with Gasteiger partial charge in [0.15, 0.2) is 0 Å². The zero-order chi connectivity index (χ0) is 16.4. The van der Waals surface area contributed by atoms with E-state index >= 15 is 0 Å². The minimum atomic E-state index is -0.226. The molecule has 3 heterocycles. The van der Waals surface area contributed by atoms with Crippen LogP contribution in [-0.4, -0.2) is 60.2 Å². The molecule has 1 spiro atoms. The largest absolute Gasteiger partial charge is 0.356 e. The summed E-state index contributed by atoms with van der Waals surface area (Å²) in [5.74, 6) is 0.322. The van der Waals surface area contributed by atoms with Crippen molar-refractivity contribution in [2.45, 2.75) is 32.1 Å². The molecular weight excluding hydrogens is 294 g/mol. The molecule has 0 aromatic carbocycles. The molecule has 1 N–H and O–H groups in total. The van der Waals surface area contributed by atoms with Crippen LogP contribution in [0.1, 0.15) is 32.1 Å². The van der Waals surface area contributed by atoms with Crippen LogP contribution in [0, 0.1) is 11.3 Å². The molecule has 3 amide bonds. The highest BCUT2D eigenvalue weighted by atomic mass is 16.2. The van der Waals surface area contributed by atoms with Crippen molar-refractivity contribution in [1.29, 1.82) is 0 Å². The van der Waals surface area contributed by atoms with Gasteiger partial charge in [-0.25, -0.2) is 0 Å². The van der Waals surface area contributed by atoms with Crippen molar-refractivity contribution < 1.29 is 14.4 Å². The quantitative estimate of drug-likeness (QED) is 0.755. The third kappa shape index (κ3) is 2.99. The fourth-order valence-electron chi connectivity index (χ4n) is 4.08. The Labute approximate surface area is 136 Å². The van der Waals surface area contributed by atoms with Crippen LogP contribution in [0.5, 0.6) is 0 Å². The van der Waals surface area contributed by atoms with Crippen LogP contribution in [0.3, 0.4) is 0 Å². The zero-order valence-corrected chi connectivity index (χ0v) is 13.6. The SMILES string of the molecule is C=CC(=O)N1CCC(C(=O)N2CCC3(CCNC3=O)CC2)CC1. The van der Waals surface area contributed by atoms with Crippen molar-refractivity contribution >= 4 is 17.7 Å². The van der Waals surface area contributed by atoms with Crippen LogP contribution in [0.25, 0.3) is 0 Å². The fraction of sp³-hybridized carbons (Fsp3) is 0.706. The highest BCUT2D eigenvalue weighted by Gasteiger charge is 2.45. The maximum Gasteiger partial charge on any atom is 0.245 e. The standard InChI is InChI=1S/C17H25N3O3/c1-2-14(21)19-9-3-13(4-10-19)15(22)20-11-6-17(7-12-20)5-8-18-16(17)23/h2,13H,1,3-12H2,(H,18,23). The maximum absolute atomic E-state index is 12.7. The van der Waals surface area contributed by atoms with Gasteiger partial charge < -0.3 is 15.1 Å². The van der Waals surface area contributed by atoms with E-state index in [1.54, 1.807) is 4.90 Å². The first-order valence-corrected chi connectivity index (χ1v) is 8.54. The third-order valence-corrected chi connectivity index (χ3v) is 5.73. The van der Waals surface area contributed by atoms with E-state index in [1.807, 2.05) is 4.90 Å². The number of likely N-dealkylation sites (tertiary alicyclic amines) is 2. The number of carbonyl (C=O) groups excluding carboxylic acids is 3. The van der Waals surface area contributed by atoms with Crippen molar-refractivity contribution in [3.63, 3.8) is 0 Å². The van der Waals surface area contributed by atoms with Crippen molar-refractivity contribution in [1.82, 2.24) is 15.1 Å². The normalized spacial score (nSPS) is 24.6. The fourth-order valence-corrected chi connectivity index (χ4v) is 4.08. The predicted octanol–water partition coefficient (Wildman–Crippen LogP) is 0.540. The van der Waals surface area contributed by atoms with E-state index in [2.05, 4.69) is 11.9 Å². The third-order valence-electron chi connectivity index (χ3n) is 5.73. The van der Waals surface area contributed by atoms with Gasteiger partial charge >= 0.3 is 0 Å². The predicted molar refractivity (Wildman–Crippen MR) is 85.4 cm³/mol. The highest BCUT2D eigenvalue weighted by molar-refractivity contribution is 5.87. The molecule has 3 fully saturated rings. The Morgan fingerprint density at radius 3 is 2.26 bits per heavy atom. The van der Waals surface area contributed by atoms with Crippen molar-refractivity contribution in [3.8, 4) is 0 Å². The molecule has 3 rings (SSSR count). The van der Waals surface area contributed by atoms with Crippen LogP contribution >= 0.6 is 0 Å². The van der Waals surface area contributed by atoms with Gasteiger partial charge in [0.05, 0.1) is 5.41 Å². The first-order chi connectivity index (χ1) is 11.1. The summed E-state index contributed by atoms with van der Waals surface area (Å²) >= 11 is 0. The molecule has 0 saturated carbocycles. The van der Waals surface area contributed by atoms with Gasteiger partial charge in [0.1, 0.15) is 0 Å². The van der Waals surface area contributed by atoms with E-state index < -0.39 is 0 Å². The average molecular weight is 319 g/mol. The summed E-state index contributed by atoms with van der Waals surface area (Å²) in [5, 5.41) is 2.92. The molecule has 6 nitrogen and oxygen atoms in total. The van der Waals surface area contributed by atoms with Gasteiger partial charge in [0, 0.05) is 38.6 Å². The molecule has 126 valence electrons. The highest BCUT2D eigenvalue weighted by Crippen LogP contribution is 2.38. The summed E-state index contributed by atoms with van der Waals surface area (Å²) in [6, 6.07) is 0. The van der Waals surface area contributed by atoms with Gasteiger partial charge in [0.25, 0.3) is 0 Å². The molecule has 0 unspecified atom stereocenters. The van der Waals surface area contributed by atoms with Gasteiger partial charge in [-0.05, 0) is 38.2 Å². The number of hydrogen-bond acceptors (Lipinski definition) is 3. The molecule has 0 atom stereocenters. The first-order valence-electron chi connectivity index (χ1n) is 8.54. The summed E-state index contributed by atoms with van der Waals surface area (Å²) in [5.41, 5.74) is -0.226. The molecule has 0 radical (unpaired) electrons. The molecule has 0 bridgehead atoms. The number of nitrogens with zero attached hydrogens (tertiary/aromatic N) is 2. The molecule has 3 aliphatic rings. The summed E-state index contributed by atoms with van der Waals surface area (Å²) < 4.78 is 0. The number of carbonyl (C=O) groups is 3. The van der Waals surface area contributed by atoms with Crippen LogP contribution in [-0.2, 0) is 14.4 Å². The summed E-state index contributed by atoms with van der Waals surface area (Å²) in [4.78, 5) is 40.0. The Hall–Kier alpha value is -1.85. The average Bonchev–Trinajstić information content (AvgIpc) is 2.94. The van der Waals surface area contributed by atoms with Gasteiger partial charge in [0.2, 0.25) is 17.7 Å². The van der Waals surface area contributed by atoms with E-state index in [1.165, 1.54) is 6.08 Å². The molecule has 0 aromatic rings. The number of hydrogen-bond donors (Lipinski definition) is 1. The maximum atomic E-state index is 12.7. The lowest BCUT2D eigenvalue weighted by Crippen LogP contribution is -2.49. The monoisotopic (exact) mass is 319 g/mol. The smallest absolute Gasteiger partial charge is 0.245 e.